The number of methoxy groups -OCH3 is 1. The molecule has 3 atom stereocenters. The van der Waals surface area contributed by atoms with Gasteiger partial charge in [-0.05, 0) is 74.7 Å². The SMILES string of the molecule is CCCCCC(C(=O)NCNC(=O)c1ccc(-c2ccc(C(=O)NCO[PH](=O)O)c(OCC)c2)o1)C(CC)N(C=O)OC(=O)c1ccc(OC)cc1C. The molecule has 2 aromatic carbocycles. The summed E-state index contributed by atoms with van der Waals surface area (Å²) < 4.78 is 31.8. The summed E-state index contributed by atoms with van der Waals surface area (Å²) in [5, 5.41) is 8.56. The van der Waals surface area contributed by atoms with Crippen LogP contribution in [0, 0.1) is 12.8 Å². The summed E-state index contributed by atoms with van der Waals surface area (Å²) in [6.45, 7) is 6.77. The number of hydroxylamine groups is 2. The van der Waals surface area contributed by atoms with E-state index in [1.807, 2.05) is 6.92 Å². The van der Waals surface area contributed by atoms with Crippen LogP contribution in [0.5, 0.6) is 11.5 Å². The van der Waals surface area contributed by atoms with Crippen molar-refractivity contribution in [3.05, 3.63) is 71.0 Å². The van der Waals surface area contributed by atoms with Gasteiger partial charge < -0.3 is 39.6 Å². The van der Waals surface area contributed by atoms with Crippen LogP contribution in [0.4, 0.5) is 0 Å². The quantitative estimate of drug-likeness (QED) is 0.0359. The monoisotopic (exact) mass is 758 g/mol. The summed E-state index contributed by atoms with van der Waals surface area (Å²) >= 11 is 0. The number of furan rings is 1. The lowest BCUT2D eigenvalue weighted by Crippen LogP contribution is -2.49. The standard InChI is InChI=1S/C36H47N4O12P/c1-6-9-10-11-27(29(7-2)40(22-41)52-36(45)26-15-13-25(48-5)18-23(26)4)33(42)37-20-38-35(44)31-17-16-30(51-31)24-12-14-28(32(19-24)49-8-3)34(43)39-21-50-53(46)47/h12-19,22,27,29,53H,6-11,20-21H2,1-5H3,(H,37,42)(H,38,44)(H,39,43)(H,46,47). The summed E-state index contributed by atoms with van der Waals surface area (Å²) in [7, 11) is -1.70. The van der Waals surface area contributed by atoms with Gasteiger partial charge in [0.05, 0.1) is 43.5 Å². The Morgan fingerprint density at radius 2 is 1.72 bits per heavy atom. The highest BCUT2D eigenvalue weighted by Crippen LogP contribution is 2.29. The maximum absolute atomic E-state index is 13.5. The average Bonchev–Trinajstić information content (AvgIpc) is 3.64. The molecule has 1 aromatic heterocycles. The first-order valence-electron chi connectivity index (χ1n) is 17.1. The van der Waals surface area contributed by atoms with Crippen molar-refractivity contribution >= 4 is 38.4 Å². The average molecular weight is 759 g/mol. The van der Waals surface area contributed by atoms with Crippen LogP contribution in [-0.4, -0.2) is 73.2 Å². The van der Waals surface area contributed by atoms with Crippen LogP contribution in [0.1, 0.15) is 89.7 Å². The van der Waals surface area contributed by atoms with Crippen LogP contribution in [-0.2, 0) is 23.5 Å². The number of carbonyl (C=O) groups is 5. The highest BCUT2D eigenvalue weighted by molar-refractivity contribution is 7.32. The number of rotatable bonds is 22. The molecule has 0 spiro atoms. The molecule has 4 amide bonds. The summed E-state index contributed by atoms with van der Waals surface area (Å²) in [5.41, 5.74) is 1.48. The minimum atomic E-state index is -3.21. The Bertz CT molecular complexity index is 1750. The second-order valence-electron chi connectivity index (χ2n) is 11.7. The second kappa shape index (κ2) is 21.4. The molecule has 0 saturated heterocycles. The molecule has 3 rings (SSSR count). The van der Waals surface area contributed by atoms with Gasteiger partial charge in [-0.3, -0.25) is 28.3 Å². The first kappa shape index (κ1) is 42.2. The summed E-state index contributed by atoms with van der Waals surface area (Å²) in [5.74, 6) is -2.15. The molecule has 0 aliphatic heterocycles. The molecule has 3 aromatic rings. The number of carbonyl (C=O) groups excluding carboxylic acids is 5. The number of nitrogens with one attached hydrogen (secondary N) is 3. The van der Waals surface area contributed by atoms with Crippen LogP contribution in [0.2, 0.25) is 0 Å². The first-order valence-corrected chi connectivity index (χ1v) is 18.4. The maximum Gasteiger partial charge on any atom is 0.363 e. The lowest BCUT2D eigenvalue weighted by molar-refractivity contribution is -0.171. The third kappa shape index (κ3) is 12.2. The van der Waals surface area contributed by atoms with Crippen molar-refractivity contribution in [3.8, 4) is 22.8 Å². The molecule has 0 aliphatic rings. The molecule has 1 heterocycles. The number of aryl methyl sites for hydroxylation is 1. The smallest absolute Gasteiger partial charge is 0.363 e. The van der Waals surface area contributed by atoms with E-state index in [1.165, 1.54) is 25.3 Å². The van der Waals surface area contributed by atoms with Gasteiger partial charge >= 0.3 is 14.2 Å². The predicted octanol–water partition coefficient (Wildman–Crippen LogP) is 4.76. The van der Waals surface area contributed by atoms with Crippen molar-refractivity contribution in [3.63, 3.8) is 0 Å². The van der Waals surface area contributed by atoms with Crippen molar-refractivity contribution in [1.82, 2.24) is 21.0 Å². The number of hydrogen-bond donors (Lipinski definition) is 4. The number of benzene rings is 2. The maximum atomic E-state index is 13.5. The zero-order valence-electron chi connectivity index (χ0n) is 30.4. The van der Waals surface area contributed by atoms with E-state index in [2.05, 4.69) is 20.5 Å². The normalized spacial score (nSPS) is 12.5. The van der Waals surface area contributed by atoms with E-state index >= 15 is 0 Å². The van der Waals surface area contributed by atoms with Gasteiger partial charge in [0.2, 0.25) is 12.3 Å². The van der Waals surface area contributed by atoms with Gasteiger partial charge in [0.1, 0.15) is 24.0 Å². The molecule has 0 bridgehead atoms. The fraction of sp³-hybridized carbons (Fsp3) is 0.417. The van der Waals surface area contributed by atoms with Crippen LogP contribution in [0.3, 0.4) is 0 Å². The van der Waals surface area contributed by atoms with Crippen molar-refractivity contribution in [1.29, 1.82) is 0 Å². The largest absolute Gasteiger partial charge is 0.497 e. The third-order valence-corrected chi connectivity index (χ3v) is 8.58. The molecular weight excluding hydrogens is 711 g/mol. The van der Waals surface area contributed by atoms with E-state index in [1.54, 1.807) is 51.1 Å². The minimum absolute atomic E-state index is 0.0517. The Kier molecular flexibility index (Phi) is 17.0. The Morgan fingerprint density at radius 1 is 0.962 bits per heavy atom. The lowest BCUT2D eigenvalue weighted by atomic mass is 9.90. The van der Waals surface area contributed by atoms with Gasteiger partial charge in [-0.1, -0.05) is 39.2 Å². The summed E-state index contributed by atoms with van der Waals surface area (Å²) in [6.07, 6.45) is 3.52. The van der Waals surface area contributed by atoms with Gasteiger partial charge in [-0.15, -0.1) is 0 Å². The Hall–Kier alpha value is -5.18. The number of ether oxygens (including phenoxy) is 2. The molecule has 0 radical (unpaired) electrons. The zero-order chi connectivity index (χ0) is 38.9. The number of nitrogens with zero attached hydrogens (tertiary/aromatic N) is 1. The molecular formula is C36H47N4O12P. The molecule has 0 fully saturated rings. The van der Waals surface area contributed by atoms with Crippen LogP contribution in [0.15, 0.2) is 52.9 Å². The number of unbranched alkanes of at least 4 members (excludes halogenated alkanes) is 2. The summed E-state index contributed by atoms with van der Waals surface area (Å²) in [6, 6.07) is 11.6. The van der Waals surface area contributed by atoms with Gasteiger partial charge in [-0.25, -0.2) is 4.79 Å². The Balaban J connectivity index is 1.67. The topological polar surface area (TPSA) is 212 Å². The molecule has 4 N–H and O–H groups in total. The van der Waals surface area contributed by atoms with Gasteiger partial charge in [0.25, 0.3) is 11.8 Å². The summed E-state index contributed by atoms with van der Waals surface area (Å²) in [4.78, 5) is 78.7. The lowest BCUT2D eigenvalue weighted by Gasteiger charge is -2.32. The van der Waals surface area contributed by atoms with E-state index in [0.717, 1.165) is 17.9 Å². The van der Waals surface area contributed by atoms with E-state index in [9.17, 15) is 28.5 Å². The van der Waals surface area contributed by atoms with E-state index in [4.69, 9.17) is 23.6 Å². The molecule has 53 heavy (non-hydrogen) atoms. The van der Waals surface area contributed by atoms with Crippen LogP contribution in [0.25, 0.3) is 11.3 Å². The fourth-order valence-electron chi connectivity index (χ4n) is 5.50. The second-order valence-corrected chi connectivity index (χ2v) is 12.5. The zero-order valence-corrected chi connectivity index (χ0v) is 31.4. The number of amides is 4. The minimum Gasteiger partial charge on any atom is -0.497 e. The fourth-order valence-corrected chi connectivity index (χ4v) is 5.70. The van der Waals surface area contributed by atoms with Gasteiger partial charge in [0, 0.05) is 5.56 Å². The first-order chi connectivity index (χ1) is 25.5. The van der Waals surface area contributed by atoms with Crippen LogP contribution < -0.4 is 25.4 Å². The van der Waals surface area contributed by atoms with Crippen molar-refractivity contribution < 1.29 is 56.7 Å². The van der Waals surface area contributed by atoms with Crippen molar-refractivity contribution in [2.45, 2.75) is 65.8 Å². The molecule has 0 aliphatic carbocycles. The van der Waals surface area contributed by atoms with E-state index < -0.39 is 50.6 Å². The van der Waals surface area contributed by atoms with Crippen molar-refractivity contribution in [2.75, 3.05) is 27.1 Å². The van der Waals surface area contributed by atoms with Crippen LogP contribution >= 0.6 is 8.25 Å². The third-order valence-electron chi connectivity index (χ3n) is 8.19. The van der Waals surface area contributed by atoms with Gasteiger partial charge in [0.15, 0.2) is 5.76 Å². The molecule has 17 heteroatoms. The molecule has 0 saturated carbocycles. The molecule has 288 valence electrons. The van der Waals surface area contributed by atoms with E-state index in [-0.39, 0.29) is 35.9 Å². The van der Waals surface area contributed by atoms with Crippen molar-refractivity contribution in [2.24, 2.45) is 5.92 Å². The number of hydrogen-bond acceptors (Lipinski definition) is 11. The Labute approximate surface area is 308 Å². The van der Waals surface area contributed by atoms with Gasteiger partial charge in [-0.2, -0.15) is 5.06 Å². The highest BCUT2D eigenvalue weighted by Gasteiger charge is 2.34. The van der Waals surface area contributed by atoms with E-state index in [0.29, 0.717) is 48.3 Å². The Morgan fingerprint density at radius 3 is 2.36 bits per heavy atom. The highest BCUT2D eigenvalue weighted by atomic mass is 31.1. The molecule has 3 unspecified atom stereocenters. The molecule has 16 nitrogen and oxygen atoms in total. The predicted molar refractivity (Wildman–Crippen MR) is 193 cm³/mol.